The van der Waals surface area contributed by atoms with Crippen LogP contribution in [0.5, 0.6) is 0 Å². The lowest BCUT2D eigenvalue weighted by molar-refractivity contribution is -0.208. The number of esters is 1. The zero-order valence-corrected chi connectivity index (χ0v) is 23.0. The number of methoxy groups -OCH3 is 1. The number of ether oxygens (including phenoxy) is 6. The summed E-state index contributed by atoms with van der Waals surface area (Å²) in [6.07, 6.45) is 0.421. The van der Waals surface area contributed by atoms with Gasteiger partial charge in [-0.05, 0) is 30.3 Å². The first kappa shape index (κ1) is 29.6. The highest BCUT2D eigenvalue weighted by atomic mass is 28.4. The van der Waals surface area contributed by atoms with E-state index in [9.17, 15) is 4.79 Å². The molecule has 0 amide bonds. The zero-order chi connectivity index (χ0) is 26.0. The van der Waals surface area contributed by atoms with Crippen molar-refractivity contribution in [3.8, 4) is 0 Å². The van der Waals surface area contributed by atoms with Gasteiger partial charge < -0.3 is 32.8 Å². The molecule has 9 heteroatoms. The lowest BCUT2D eigenvalue weighted by Gasteiger charge is -2.40. The van der Waals surface area contributed by atoms with Gasteiger partial charge in [-0.1, -0.05) is 45.0 Å². The highest BCUT2D eigenvalue weighted by Crippen LogP contribution is 2.38. The van der Waals surface area contributed by atoms with Gasteiger partial charge in [-0.15, -0.1) is 6.58 Å². The molecule has 0 unspecified atom stereocenters. The van der Waals surface area contributed by atoms with Crippen LogP contribution < -0.4 is 0 Å². The normalized spacial score (nSPS) is 17.7. The van der Waals surface area contributed by atoms with Crippen LogP contribution in [0.25, 0.3) is 0 Å². The zero-order valence-electron chi connectivity index (χ0n) is 22.0. The summed E-state index contributed by atoms with van der Waals surface area (Å²) in [5.74, 6) is -1.52. The predicted molar refractivity (Wildman–Crippen MR) is 136 cm³/mol. The summed E-state index contributed by atoms with van der Waals surface area (Å²) in [6.45, 7) is 16.7. The molecule has 0 saturated carbocycles. The van der Waals surface area contributed by atoms with Crippen LogP contribution in [-0.2, 0) is 32.8 Å². The average molecular weight is 511 g/mol. The highest BCUT2D eigenvalue weighted by Gasteiger charge is 2.46. The fourth-order valence-corrected chi connectivity index (χ4v) is 4.24. The summed E-state index contributed by atoms with van der Waals surface area (Å²) in [5, 5.41) is 0.0261. The molecule has 35 heavy (non-hydrogen) atoms. The summed E-state index contributed by atoms with van der Waals surface area (Å²) >= 11 is 0. The molecule has 1 aliphatic heterocycles. The van der Waals surface area contributed by atoms with E-state index in [1.165, 1.54) is 0 Å². The predicted octanol–water partition coefficient (Wildman–Crippen LogP) is 4.56. The van der Waals surface area contributed by atoms with Gasteiger partial charge in [0.25, 0.3) is 0 Å². The van der Waals surface area contributed by atoms with Gasteiger partial charge in [-0.2, -0.15) is 0 Å². The van der Waals surface area contributed by atoms with Gasteiger partial charge in [-0.3, -0.25) is 0 Å². The maximum absolute atomic E-state index is 13.0. The fourth-order valence-electron chi connectivity index (χ4n) is 3.23. The van der Waals surface area contributed by atoms with Crippen molar-refractivity contribution >= 4 is 14.3 Å². The lowest BCUT2D eigenvalue weighted by Crippen LogP contribution is -2.49. The molecule has 0 spiro atoms. The van der Waals surface area contributed by atoms with E-state index in [0.717, 1.165) is 0 Å². The first-order valence-electron chi connectivity index (χ1n) is 12.0. The summed E-state index contributed by atoms with van der Waals surface area (Å²) in [4.78, 5) is 13.0. The SMILES string of the molecule is C=C[C@@H](OCOCCOC)[C@@H](CC1(CO[Si](C)(C)C(C)(C)C)OCCO1)OC(=O)c1ccccc1. The molecule has 2 atom stereocenters. The fraction of sp³-hybridized carbons (Fsp3) is 0.654. The molecule has 0 N–H and O–H groups in total. The number of carbonyl (C=O) groups is 1. The largest absolute Gasteiger partial charge is 0.455 e. The Morgan fingerprint density at radius 3 is 2.40 bits per heavy atom. The van der Waals surface area contributed by atoms with Crippen LogP contribution in [0.1, 0.15) is 37.6 Å². The molecular weight excluding hydrogens is 468 g/mol. The monoisotopic (exact) mass is 510 g/mol. The minimum absolute atomic E-state index is 0.00534. The Hall–Kier alpha value is -1.59. The van der Waals surface area contributed by atoms with Crippen LogP contribution in [-0.4, -0.2) is 79.2 Å². The summed E-state index contributed by atoms with van der Waals surface area (Å²) < 4.78 is 40.8. The third-order valence-corrected chi connectivity index (χ3v) is 10.9. The molecular formula is C26H42O8Si. The molecule has 1 aromatic carbocycles. The molecule has 0 bridgehead atoms. The molecule has 0 radical (unpaired) electrons. The van der Waals surface area contributed by atoms with E-state index in [0.29, 0.717) is 32.0 Å². The molecule has 1 aromatic rings. The van der Waals surface area contributed by atoms with Crippen molar-refractivity contribution < 1.29 is 37.6 Å². The maximum atomic E-state index is 13.0. The Bertz CT molecular complexity index is 771. The van der Waals surface area contributed by atoms with Gasteiger partial charge in [-0.25, -0.2) is 4.79 Å². The third kappa shape index (κ3) is 9.09. The number of carbonyl (C=O) groups excluding carboxylic acids is 1. The second-order valence-corrected chi connectivity index (χ2v) is 14.9. The maximum Gasteiger partial charge on any atom is 0.338 e. The minimum Gasteiger partial charge on any atom is -0.455 e. The van der Waals surface area contributed by atoms with E-state index in [1.807, 2.05) is 6.07 Å². The molecule has 1 heterocycles. The van der Waals surface area contributed by atoms with Crippen LogP contribution in [0.4, 0.5) is 0 Å². The Balaban J connectivity index is 2.20. The standard InChI is InChI=1S/C26H42O8Si/c1-8-22(30-20-29-15-14-28-5)23(34-24(27)21-12-10-9-11-13-21)18-26(31-16-17-32-26)19-33-35(6,7)25(2,3)4/h8-13,22-23H,1,14-20H2,2-7H3/t22-,23-/m1/s1. The molecule has 8 nitrogen and oxygen atoms in total. The number of benzene rings is 1. The summed E-state index contributed by atoms with van der Waals surface area (Å²) in [6, 6.07) is 8.82. The third-order valence-electron chi connectivity index (χ3n) is 6.43. The minimum atomic E-state index is -2.08. The van der Waals surface area contributed by atoms with Crippen LogP contribution in [0.2, 0.25) is 18.1 Å². The van der Waals surface area contributed by atoms with Crippen molar-refractivity contribution in [2.24, 2.45) is 0 Å². The van der Waals surface area contributed by atoms with E-state index in [4.69, 9.17) is 32.8 Å². The van der Waals surface area contributed by atoms with E-state index in [1.54, 1.807) is 37.5 Å². The second-order valence-electron chi connectivity index (χ2n) is 10.1. The molecule has 1 saturated heterocycles. The number of rotatable bonds is 15. The number of hydrogen-bond acceptors (Lipinski definition) is 8. The summed E-state index contributed by atoms with van der Waals surface area (Å²) in [5.41, 5.74) is 0.441. The van der Waals surface area contributed by atoms with E-state index < -0.39 is 32.3 Å². The van der Waals surface area contributed by atoms with Gasteiger partial charge in [0, 0.05) is 13.5 Å². The smallest absolute Gasteiger partial charge is 0.338 e. The first-order chi connectivity index (χ1) is 16.5. The average Bonchev–Trinajstić information content (AvgIpc) is 3.28. The van der Waals surface area contributed by atoms with Crippen LogP contribution in [0.3, 0.4) is 0 Å². The Morgan fingerprint density at radius 2 is 1.83 bits per heavy atom. The van der Waals surface area contributed by atoms with E-state index in [2.05, 4.69) is 40.4 Å². The Labute approximate surface area is 210 Å². The molecule has 2 rings (SSSR count). The Morgan fingerprint density at radius 1 is 1.17 bits per heavy atom. The van der Waals surface area contributed by atoms with Crippen molar-refractivity contribution in [1.82, 2.24) is 0 Å². The molecule has 0 aliphatic carbocycles. The second kappa shape index (κ2) is 13.6. The molecule has 1 fully saturated rings. The van der Waals surface area contributed by atoms with Crippen LogP contribution in [0.15, 0.2) is 43.0 Å². The van der Waals surface area contributed by atoms with Gasteiger partial charge in [0.1, 0.15) is 19.0 Å². The van der Waals surface area contributed by atoms with Gasteiger partial charge in [0.15, 0.2) is 14.1 Å². The quantitative estimate of drug-likeness (QED) is 0.112. The van der Waals surface area contributed by atoms with E-state index in [-0.39, 0.29) is 24.9 Å². The van der Waals surface area contributed by atoms with Crippen molar-refractivity contribution in [1.29, 1.82) is 0 Å². The topological polar surface area (TPSA) is 81.7 Å². The van der Waals surface area contributed by atoms with Crippen molar-refractivity contribution in [3.05, 3.63) is 48.6 Å². The van der Waals surface area contributed by atoms with Gasteiger partial charge in [0.2, 0.25) is 0 Å². The van der Waals surface area contributed by atoms with Crippen molar-refractivity contribution in [2.75, 3.05) is 46.9 Å². The molecule has 0 aromatic heterocycles. The van der Waals surface area contributed by atoms with Crippen molar-refractivity contribution in [3.63, 3.8) is 0 Å². The van der Waals surface area contributed by atoms with Crippen LogP contribution >= 0.6 is 0 Å². The van der Waals surface area contributed by atoms with Gasteiger partial charge in [0.05, 0.1) is 38.6 Å². The van der Waals surface area contributed by atoms with Crippen molar-refractivity contribution in [2.45, 2.75) is 63.3 Å². The van der Waals surface area contributed by atoms with Gasteiger partial charge >= 0.3 is 5.97 Å². The van der Waals surface area contributed by atoms with Crippen LogP contribution in [0, 0.1) is 0 Å². The molecule has 198 valence electrons. The first-order valence-corrected chi connectivity index (χ1v) is 14.9. The summed E-state index contributed by atoms with van der Waals surface area (Å²) in [7, 11) is -0.476. The Kier molecular flexibility index (Phi) is 11.6. The lowest BCUT2D eigenvalue weighted by atomic mass is 10.0. The number of hydrogen-bond donors (Lipinski definition) is 0. The van der Waals surface area contributed by atoms with E-state index >= 15 is 0 Å². The molecule has 1 aliphatic rings. The highest BCUT2D eigenvalue weighted by molar-refractivity contribution is 6.74.